The second-order valence-corrected chi connectivity index (χ2v) is 6.80. The molecule has 5 heteroatoms. The van der Waals surface area contributed by atoms with Gasteiger partial charge in [-0.2, -0.15) is 0 Å². The molecule has 0 aromatic heterocycles. The number of carbonyl (C=O) groups is 1. The number of rotatable bonds is 4. The topological polar surface area (TPSA) is 65.0 Å². The average Bonchev–Trinajstić information content (AvgIpc) is 2.69. The van der Waals surface area contributed by atoms with E-state index in [9.17, 15) is 9.90 Å². The number of carboxylic acid groups (broad SMARTS) is 1. The summed E-state index contributed by atoms with van der Waals surface area (Å²) >= 11 is 0. The first-order valence-corrected chi connectivity index (χ1v) is 9.01. The summed E-state index contributed by atoms with van der Waals surface area (Å²) in [5, 5.41) is 9.57. The molecule has 4 rings (SSSR count). The third kappa shape index (κ3) is 3.51. The molecule has 1 N–H and O–H groups in total. The van der Waals surface area contributed by atoms with Crippen LogP contribution in [0.3, 0.4) is 0 Å². The van der Waals surface area contributed by atoms with Crippen molar-refractivity contribution >= 4 is 5.97 Å². The summed E-state index contributed by atoms with van der Waals surface area (Å²) in [7, 11) is 0. The minimum atomic E-state index is -1.12. The van der Waals surface area contributed by atoms with Gasteiger partial charge in [0, 0.05) is 0 Å². The maximum Gasteiger partial charge on any atom is 0.349 e. The van der Waals surface area contributed by atoms with Crippen LogP contribution in [0.15, 0.2) is 66.7 Å². The predicted molar refractivity (Wildman–Crippen MR) is 104 cm³/mol. The summed E-state index contributed by atoms with van der Waals surface area (Å²) in [6.07, 6.45) is -1.87. The van der Waals surface area contributed by atoms with Crippen LogP contribution in [0.25, 0.3) is 0 Å². The Morgan fingerprint density at radius 3 is 2.25 bits per heavy atom. The molecular formula is C23H20O5. The van der Waals surface area contributed by atoms with Crippen molar-refractivity contribution in [1.29, 1.82) is 0 Å². The van der Waals surface area contributed by atoms with E-state index >= 15 is 0 Å². The van der Waals surface area contributed by atoms with Gasteiger partial charge in [-0.05, 0) is 55.3 Å². The standard InChI is InChI=1S/C23H20O5/c1-14-7-12-18(15(2)13-14)26-17-10-8-16(9-11-17)21-22(23(24)25)28-20-6-4-3-5-19(20)27-21/h3-13,21-22H,1-2H3,(H,24,25). The molecule has 142 valence electrons. The molecule has 1 aliphatic heterocycles. The van der Waals surface area contributed by atoms with E-state index in [4.69, 9.17) is 14.2 Å². The molecule has 1 heterocycles. The van der Waals surface area contributed by atoms with Gasteiger partial charge in [-0.1, -0.05) is 42.0 Å². The molecule has 3 aromatic rings. The number of hydrogen-bond donors (Lipinski definition) is 1. The molecule has 0 saturated heterocycles. The largest absolute Gasteiger partial charge is 0.478 e. The van der Waals surface area contributed by atoms with Crippen molar-refractivity contribution < 1.29 is 24.1 Å². The Bertz CT molecular complexity index is 1010. The van der Waals surface area contributed by atoms with Gasteiger partial charge in [0.2, 0.25) is 6.10 Å². The van der Waals surface area contributed by atoms with Gasteiger partial charge in [0.1, 0.15) is 11.5 Å². The molecular weight excluding hydrogens is 356 g/mol. The Hall–Kier alpha value is -3.47. The lowest BCUT2D eigenvalue weighted by atomic mass is 10.0. The molecule has 3 aromatic carbocycles. The number of aliphatic carboxylic acids is 1. The number of ether oxygens (including phenoxy) is 3. The molecule has 0 fully saturated rings. The first-order chi connectivity index (χ1) is 13.5. The maximum atomic E-state index is 11.7. The highest BCUT2D eigenvalue weighted by atomic mass is 16.6. The summed E-state index contributed by atoms with van der Waals surface area (Å²) in [5.74, 6) is 1.34. The van der Waals surface area contributed by atoms with Crippen LogP contribution in [-0.2, 0) is 4.79 Å². The van der Waals surface area contributed by atoms with Crippen molar-refractivity contribution in [1.82, 2.24) is 0 Å². The number of fused-ring (bicyclic) bond motifs is 1. The summed E-state index contributed by atoms with van der Waals surface area (Å²) in [5.41, 5.74) is 2.93. The molecule has 0 radical (unpaired) electrons. The normalized spacial score (nSPS) is 17.8. The lowest BCUT2D eigenvalue weighted by Crippen LogP contribution is -2.39. The molecule has 0 saturated carbocycles. The van der Waals surface area contributed by atoms with E-state index in [0.717, 1.165) is 11.3 Å². The Morgan fingerprint density at radius 2 is 1.61 bits per heavy atom. The number of para-hydroxylation sites is 2. The molecule has 5 nitrogen and oxygen atoms in total. The van der Waals surface area contributed by atoms with E-state index in [1.54, 1.807) is 42.5 Å². The van der Waals surface area contributed by atoms with Gasteiger partial charge in [-0.3, -0.25) is 0 Å². The van der Waals surface area contributed by atoms with Gasteiger partial charge in [0.05, 0.1) is 0 Å². The summed E-state index contributed by atoms with van der Waals surface area (Å²) in [4.78, 5) is 11.7. The highest BCUT2D eigenvalue weighted by Gasteiger charge is 2.38. The maximum absolute atomic E-state index is 11.7. The third-order valence-corrected chi connectivity index (χ3v) is 4.64. The Balaban J connectivity index is 1.58. The smallest absolute Gasteiger partial charge is 0.349 e. The van der Waals surface area contributed by atoms with Crippen LogP contribution in [0.1, 0.15) is 22.8 Å². The molecule has 0 amide bonds. The Labute approximate surface area is 163 Å². The Morgan fingerprint density at radius 1 is 0.929 bits per heavy atom. The number of benzene rings is 3. The van der Waals surface area contributed by atoms with Crippen LogP contribution in [0.5, 0.6) is 23.0 Å². The number of hydrogen-bond acceptors (Lipinski definition) is 4. The van der Waals surface area contributed by atoms with Gasteiger partial charge < -0.3 is 19.3 Å². The first kappa shape index (κ1) is 17.9. The summed E-state index contributed by atoms with van der Waals surface area (Å²) in [6, 6.07) is 20.3. The van der Waals surface area contributed by atoms with Gasteiger partial charge in [-0.25, -0.2) is 4.79 Å². The monoisotopic (exact) mass is 376 g/mol. The van der Waals surface area contributed by atoms with Crippen LogP contribution < -0.4 is 14.2 Å². The zero-order valence-electron chi connectivity index (χ0n) is 15.6. The highest BCUT2D eigenvalue weighted by molar-refractivity contribution is 5.75. The van der Waals surface area contributed by atoms with Crippen LogP contribution in [-0.4, -0.2) is 17.2 Å². The molecule has 1 aliphatic rings. The quantitative estimate of drug-likeness (QED) is 0.689. The Kier molecular flexibility index (Phi) is 4.65. The van der Waals surface area contributed by atoms with E-state index in [1.807, 2.05) is 32.0 Å². The highest BCUT2D eigenvalue weighted by Crippen LogP contribution is 2.39. The fourth-order valence-corrected chi connectivity index (χ4v) is 3.23. The van der Waals surface area contributed by atoms with Crippen molar-refractivity contribution in [2.45, 2.75) is 26.1 Å². The van der Waals surface area contributed by atoms with Gasteiger partial charge in [-0.15, -0.1) is 0 Å². The molecule has 0 spiro atoms. The number of aryl methyl sites for hydroxylation is 2. The van der Waals surface area contributed by atoms with Gasteiger partial charge >= 0.3 is 5.97 Å². The lowest BCUT2D eigenvalue weighted by molar-refractivity contribution is -0.151. The van der Waals surface area contributed by atoms with E-state index in [-0.39, 0.29) is 0 Å². The second kappa shape index (κ2) is 7.27. The van der Waals surface area contributed by atoms with Crippen LogP contribution in [0.2, 0.25) is 0 Å². The summed E-state index contributed by atoms with van der Waals surface area (Å²) < 4.78 is 17.5. The third-order valence-electron chi connectivity index (χ3n) is 4.64. The molecule has 2 unspecified atom stereocenters. The van der Waals surface area contributed by atoms with Crippen LogP contribution >= 0.6 is 0 Å². The summed E-state index contributed by atoms with van der Waals surface area (Å²) in [6.45, 7) is 4.04. The fraction of sp³-hybridized carbons (Fsp3) is 0.174. The SMILES string of the molecule is Cc1ccc(Oc2ccc(C3Oc4ccccc4OC3C(=O)O)cc2)c(C)c1. The minimum Gasteiger partial charge on any atom is -0.478 e. The molecule has 2 atom stereocenters. The zero-order chi connectivity index (χ0) is 19.7. The van der Waals surface area contributed by atoms with Crippen molar-refractivity contribution in [3.63, 3.8) is 0 Å². The average molecular weight is 376 g/mol. The van der Waals surface area contributed by atoms with E-state index in [2.05, 4.69) is 6.07 Å². The number of carboxylic acids is 1. The lowest BCUT2D eigenvalue weighted by Gasteiger charge is -2.31. The van der Waals surface area contributed by atoms with E-state index in [0.29, 0.717) is 22.8 Å². The van der Waals surface area contributed by atoms with Crippen LogP contribution in [0.4, 0.5) is 0 Å². The first-order valence-electron chi connectivity index (χ1n) is 9.01. The van der Waals surface area contributed by atoms with E-state index in [1.165, 1.54) is 5.56 Å². The molecule has 0 aliphatic carbocycles. The second-order valence-electron chi connectivity index (χ2n) is 6.80. The van der Waals surface area contributed by atoms with E-state index < -0.39 is 18.2 Å². The predicted octanol–water partition coefficient (Wildman–Crippen LogP) is 5.06. The van der Waals surface area contributed by atoms with Crippen molar-refractivity contribution in [3.05, 3.63) is 83.4 Å². The van der Waals surface area contributed by atoms with Crippen molar-refractivity contribution in [2.75, 3.05) is 0 Å². The zero-order valence-corrected chi connectivity index (χ0v) is 15.6. The van der Waals surface area contributed by atoms with Crippen molar-refractivity contribution in [2.24, 2.45) is 0 Å². The molecule has 0 bridgehead atoms. The van der Waals surface area contributed by atoms with Gasteiger partial charge in [0.25, 0.3) is 0 Å². The van der Waals surface area contributed by atoms with Crippen molar-refractivity contribution in [3.8, 4) is 23.0 Å². The fourth-order valence-electron chi connectivity index (χ4n) is 3.23. The molecule has 28 heavy (non-hydrogen) atoms. The van der Waals surface area contributed by atoms with Crippen LogP contribution in [0, 0.1) is 13.8 Å². The van der Waals surface area contributed by atoms with Gasteiger partial charge in [0.15, 0.2) is 17.6 Å². The minimum absolute atomic E-state index is 0.431.